The van der Waals surface area contributed by atoms with Gasteiger partial charge < -0.3 is 9.80 Å². The van der Waals surface area contributed by atoms with Crippen molar-refractivity contribution in [2.75, 3.05) is 18.0 Å². The summed E-state index contributed by atoms with van der Waals surface area (Å²) in [6, 6.07) is 4.08. The largest absolute Gasteiger partial charge is 0.353 e. The smallest absolute Gasteiger partial charge is 0.257 e. The summed E-state index contributed by atoms with van der Waals surface area (Å²) < 4.78 is 13.4. The molecule has 0 saturated carbocycles. The molecule has 1 saturated heterocycles. The zero-order valence-electron chi connectivity index (χ0n) is 15.0. The Bertz CT molecular complexity index is 538. The van der Waals surface area contributed by atoms with Crippen LogP contribution in [0.2, 0.25) is 0 Å². The first-order valence-corrected chi connectivity index (χ1v) is 8.29. The number of carbonyl (C=O) groups excluding carboxylic acids is 1. The lowest BCUT2D eigenvalue weighted by Gasteiger charge is -2.45. The van der Waals surface area contributed by atoms with Gasteiger partial charge in [0, 0.05) is 31.4 Å². The van der Waals surface area contributed by atoms with Crippen molar-refractivity contribution in [3.63, 3.8) is 0 Å². The van der Waals surface area contributed by atoms with Gasteiger partial charge in [0.25, 0.3) is 5.91 Å². The predicted octanol–water partition coefficient (Wildman–Crippen LogP) is 3.16. The van der Waals surface area contributed by atoms with Crippen molar-refractivity contribution >= 4 is 11.7 Å². The van der Waals surface area contributed by atoms with E-state index in [-0.39, 0.29) is 17.5 Å². The Balaban J connectivity index is 2.14. The lowest BCUT2D eigenvalue weighted by Crippen LogP contribution is -2.60. The highest BCUT2D eigenvalue weighted by atomic mass is 19.1. The van der Waals surface area contributed by atoms with Crippen LogP contribution in [-0.4, -0.2) is 47.1 Å². The minimum absolute atomic E-state index is 0.0338. The molecule has 2 rings (SSSR count). The van der Waals surface area contributed by atoms with Gasteiger partial charge in [0.1, 0.15) is 5.82 Å². The zero-order valence-corrected chi connectivity index (χ0v) is 15.0. The van der Waals surface area contributed by atoms with E-state index >= 15 is 0 Å². The first-order chi connectivity index (χ1) is 10.6. The number of aromatic nitrogens is 1. The maximum atomic E-state index is 13.4. The molecule has 1 aliphatic heterocycles. The van der Waals surface area contributed by atoms with Crippen molar-refractivity contribution in [2.24, 2.45) is 0 Å². The lowest BCUT2D eigenvalue weighted by atomic mass is 9.88. The van der Waals surface area contributed by atoms with Crippen molar-refractivity contribution < 1.29 is 9.18 Å². The molecule has 4 nitrogen and oxygen atoms in total. The van der Waals surface area contributed by atoms with E-state index in [9.17, 15) is 9.18 Å². The van der Waals surface area contributed by atoms with Gasteiger partial charge in [0.15, 0.2) is 6.17 Å². The molecule has 0 radical (unpaired) electrons. The Morgan fingerprint density at radius 2 is 1.83 bits per heavy atom. The molecular formula is C18H28FN3O. The number of anilines is 1. The van der Waals surface area contributed by atoms with Crippen LogP contribution >= 0.6 is 0 Å². The Labute approximate surface area is 138 Å². The quantitative estimate of drug-likeness (QED) is 0.839. The molecule has 0 aromatic carbocycles. The van der Waals surface area contributed by atoms with E-state index in [0.29, 0.717) is 13.1 Å². The van der Waals surface area contributed by atoms with Crippen LogP contribution in [0.1, 0.15) is 47.1 Å². The molecule has 0 N–H and O–H groups in total. The fraction of sp³-hybridized carbons (Fsp3) is 0.667. The summed E-state index contributed by atoms with van der Waals surface area (Å²) >= 11 is 0. The number of carbonyl (C=O) groups is 1. The van der Waals surface area contributed by atoms with Gasteiger partial charge >= 0.3 is 0 Å². The van der Waals surface area contributed by atoms with Crippen LogP contribution in [0.3, 0.4) is 0 Å². The third kappa shape index (κ3) is 3.82. The topological polar surface area (TPSA) is 36.4 Å². The van der Waals surface area contributed by atoms with Crippen molar-refractivity contribution in [1.82, 2.24) is 9.88 Å². The van der Waals surface area contributed by atoms with Crippen LogP contribution in [0.4, 0.5) is 10.2 Å². The van der Waals surface area contributed by atoms with Gasteiger partial charge in [-0.3, -0.25) is 4.79 Å². The van der Waals surface area contributed by atoms with E-state index < -0.39 is 12.1 Å². The van der Waals surface area contributed by atoms with Gasteiger partial charge in [-0.25, -0.2) is 9.37 Å². The van der Waals surface area contributed by atoms with Gasteiger partial charge in [0.05, 0.1) is 0 Å². The lowest BCUT2D eigenvalue weighted by molar-refractivity contribution is -0.140. The van der Waals surface area contributed by atoms with Crippen LogP contribution in [0.25, 0.3) is 0 Å². The number of hydrogen-bond acceptors (Lipinski definition) is 3. The van der Waals surface area contributed by atoms with Crippen LogP contribution in [0.5, 0.6) is 0 Å². The first kappa shape index (κ1) is 17.7. The average molecular weight is 321 g/mol. The molecule has 3 atom stereocenters. The highest BCUT2D eigenvalue weighted by Crippen LogP contribution is 2.25. The molecule has 1 aromatic rings. The van der Waals surface area contributed by atoms with E-state index in [4.69, 9.17) is 0 Å². The summed E-state index contributed by atoms with van der Waals surface area (Å²) in [4.78, 5) is 20.5. The van der Waals surface area contributed by atoms with Crippen molar-refractivity contribution in [2.45, 2.75) is 65.2 Å². The molecule has 23 heavy (non-hydrogen) atoms. The molecule has 5 heteroatoms. The van der Waals surface area contributed by atoms with Crippen molar-refractivity contribution in [1.29, 1.82) is 0 Å². The van der Waals surface area contributed by atoms with Crippen molar-refractivity contribution in [3.8, 4) is 0 Å². The Hall–Kier alpha value is -1.65. The highest BCUT2D eigenvalue weighted by Gasteiger charge is 2.35. The van der Waals surface area contributed by atoms with Crippen LogP contribution in [-0.2, 0) is 10.2 Å². The van der Waals surface area contributed by atoms with E-state index in [1.165, 1.54) is 12.5 Å². The minimum Gasteiger partial charge on any atom is -0.353 e. The molecule has 0 spiro atoms. The summed E-state index contributed by atoms with van der Waals surface area (Å²) in [5.74, 6) is 0.498. The van der Waals surface area contributed by atoms with E-state index in [2.05, 4.69) is 36.7 Å². The molecule has 128 valence electrons. The number of pyridine rings is 1. The molecular weight excluding hydrogens is 293 g/mol. The number of alkyl halides is 1. The number of hydrogen-bond donors (Lipinski definition) is 0. The summed E-state index contributed by atoms with van der Waals surface area (Å²) in [7, 11) is 0. The fourth-order valence-electron chi connectivity index (χ4n) is 3.17. The summed E-state index contributed by atoms with van der Waals surface area (Å²) in [6.45, 7) is 13.1. The molecule has 0 aliphatic carbocycles. The highest BCUT2D eigenvalue weighted by molar-refractivity contribution is 5.81. The number of halogens is 1. The second kappa shape index (κ2) is 6.46. The minimum atomic E-state index is -1.45. The van der Waals surface area contributed by atoms with Crippen LogP contribution in [0.15, 0.2) is 18.3 Å². The number of piperazine rings is 1. The second-order valence-corrected chi connectivity index (χ2v) is 7.62. The Morgan fingerprint density at radius 1 is 1.26 bits per heavy atom. The molecule has 1 aliphatic rings. The van der Waals surface area contributed by atoms with Gasteiger partial charge in [0.2, 0.25) is 0 Å². The first-order valence-electron chi connectivity index (χ1n) is 8.29. The number of amides is 1. The van der Waals surface area contributed by atoms with Gasteiger partial charge in [-0.15, -0.1) is 0 Å². The maximum Gasteiger partial charge on any atom is 0.257 e. The standard InChI is InChI=1S/C18H28FN3O/c1-12-10-21(11-13(2)22(12)17(23)14(3)19)16-8-7-15(9-20-16)18(4,5)6/h7-9,12-14H,10-11H2,1-6H3/t12-,13+,14?. The Morgan fingerprint density at radius 3 is 2.22 bits per heavy atom. The second-order valence-electron chi connectivity index (χ2n) is 7.62. The molecule has 1 unspecified atom stereocenters. The molecule has 1 amide bonds. The third-order valence-electron chi connectivity index (χ3n) is 4.45. The van der Waals surface area contributed by atoms with Gasteiger partial charge in [-0.05, 0) is 37.8 Å². The predicted molar refractivity (Wildman–Crippen MR) is 91.5 cm³/mol. The number of nitrogens with zero attached hydrogens (tertiary/aromatic N) is 3. The average Bonchev–Trinajstić information content (AvgIpc) is 2.45. The summed E-state index contributed by atoms with van der Waals surface area (Å²) in [6.07, 6.45) is 0.474. The third-order valence-corrected chi connectivity index (χ3v) is 4.45. The molecule has 2 heterocycles. The summed E-state index contributed by atoms with van der Waals surface area (Å²) in [5.41, 5.74) is 1.27. The maximum absolute atomic E-state index is 13.4. The summed E-state index contributed by atoms with van der Waals surface area (Å²) in [5, 5.41) is 0. The van der Waals surface area contributed by atoms with E-state index in [1.807, 2.05) is 26.1 Å². The van der Waals surface area contributed by atoms with E-state index in [1.54, 1.807) is 4.90 Å². The van der Waals surface area contributed by atoms with Crippen molar-refractivity contribution in [3.05, 3.63) is 23.9 Å². The zero-order chi connectivity index (χ0) is 17.4. The van der Waals surface area contributed by atoms with Gasteiger partial charge in [-0.1, -0.05) is 26.8 Å². The van der Waals surface area contributed by atoms with Gasteiger partial charge in [-0.2, -0.15) is 0 Å². The molecule has 1 aromatic heterocycles. The van der Waals surface area contributed by atoms with Crippen LogP contribution in [0, 0.1) is 0 Å². The normalized spacial score (nSPS) is 23.8. The number of rotatable bonds is 2. The monoisotopic (exact) mass is 321 g/mol. The van der Waals surface area contributed by atoms with Crippen LogP contribution < -0.4 is 4.90 Å². The molecule has 1 fully saturated rings. The van der Waals surface area contributed by atoms with E-state index in [0.717, 1.165) is 5.82 Å². The SMILES string of the molecule is CC(F)C(=O)N1[C@H](C)CN(c2ccc(C(C)(C)C)cn2)C[C@@H]1C. The Kier molecular flexibility index (Phi) is 4.97. The molecule has 0 bridgehead atoms. The fourth-order valence-corrected chi connectivity index (χ4v) is 3.17.